The van der Waals surface area contributed by atoms with E-state index in [9.17, 15) is 24.5 Å². The molecular formula is C21H17N3O5S. The van der Waals surface area contributed by atoms with E-state index < -0.39 is 16.1 Å². The fourth-order valence-electron chi connectivity index (χ4n) is 3.46. The first-order valence-electron chi connectivity index (χ1n) is 9.27. The van der Waals surface area contributed by atoms with Gasteiger partial charge in [-0.2, -0.15) is 0 Å². The van der Waals surface area contributed by atoms with Crippen LogP contribution in [0.2, 0.25) is 0 Å². The number of thioether (sulfide) groups is 1. The number of amides is 3. The largest absolute Gasteiger partial charge is 0.336 e. The van der Waals surface area contributed by atoms with Crippen molar-refractivity contribution in [1.29, 1.82) is 0 Å². The molecule has 1 saturated heterocycles. The number of nitro groups is 1. The number of benzene rings is 2. The summed E-state index contributed by atoms with van der Waals surface area (Å²) in [5.41, 5.74) is 2.60. The van der Waals surface area contributed by atoms with E-state index in [2.05, 4.69) is 0 Å². The van der Waals surface area contributed by atoms with Crippen molar-refractivity contribution < 1.29 is 19.3 Å². The van der Waals surface area contributed by atoms with Crippen LogP contribution in [-0.4, -0.2) is 44.9 Å². The second kappa shape index (κ2) is 8.11. The maximum absolute atomic E-state index is 12.7. The SMILES string of the molecule is O=C(CN1C(=O)S/C(=C\c2cccc([N+](=O)[O-])c2)C1=O)N1CCc2ccccc2C1. The molecule has 0 atom stereocenters. The average molecular weight is 423 g/mol. The lowest BCUT2D eigenvalue weighted by Crippen LogP contribution is -2.44. The minimum atomic E-state index is -0.567. The minimum Gasteiger partial charge on any atom is -0.336 e. The first-order valence-corrected chi connectivity index (χ1v) is 10.1. The van der Waals surface area contributed by atoms with Crippen LogP contribution in [0.15, 0.2) is 53.4 Å². The summed E-state index contributed by atoms with van der Waals surface area (Å²) in [6.45, 7) is 0.670. The quantitative estimate of drug-likeness (QED) is 0.425. The van der Waals surface area contributed by atoms with Gasteiger partial charge in [0.25, 0.3) is 16.8 Å². The number of hydrogen-bond donors (Lipinski definition) is 0. The Kier molecular flexibility index (Phi) is 5.37. The summed E-state index contributed by atoms with van der Waals surface area (Å²) in [5.74, 6) is -0.856. The van der Waals surface area contributed by atoms with Crippen LogP contribution in [0.3, 0.4) is 0 Å². The van der Waals surface area contributed by atoms with Gasteiger partial charge in [0.05, 0.1) is 9.83 Å². The molecule has 0 N–H and O–H groups in total. The fraction of sp³-hybridized carbons (Fsp3) is 0.190. The molecule has 2 aliphatic rings. The Hall–Kier alpha value is -3.46. The minimum absolute atomic E-state index is 0.108. The van der Waals surface area contributed by atoms with Gasteiger partial charge in [-0.25, -0.2) is 0 Å². The molecular weight excluding hydrogens is 406 g/mol. The zero-order chi connectivity index (χ0) is 21.3. The van der Waals surface area contributed by atoms with Crippen LogP contribution in [-0.2, 0) is 22.6 Å². The number of rotatable bonds is 4. The Bertz CT molecular complexity index is 1100. The molecule has 0 aromatic heterocycles. The van der Waals surface area contributed by atoms with Gasteiger partial charge >= 0.3 is 0 Å². The number of imide groups is 1. The van der Waals surface area contributed by atoms with E-state index in [0.29, 0.717) is 18.7 Å². The number of nitro benzene ring substituents is 1. The first-order chi connectivity index (χ1) is 14.4. The predicted molar refractivity (Wildman–Crippen MR) is 111 cm³/mol. The summed E-state index contributed by atoms with van der Waals surface area (Å²) >= 11 is 0.726. The molecule has 9 heteroatoms. The Morgan fingerprint density at radius 3 is 2.67 bits per heavy atom. The lowest BCUT2D eigenvalue weighted by molar-refractivity contribution is -0.384. The molecule has 30 heavy (non-hydrogen) atoms. The highest BCUT2D eigenvalue weighted by Gasteiger charge is 2.37. The molecule has 2 heterocycles. The molecule has 1 fully saturated rings. The third-order valence-corrected chi connectivity index (χ3v) is 5.94. The molecule has 2 aliphatic heterocycles. The average Bonchev–Trinajstić information content (AvgIpc) is 3.00. The summed E-state index contributed by atoms with van der Waals surface area (Å²) in [6, 6.07) is 13.7. The van der Waals surface area contributed by atoms with Crippen LogP contribution < -0.4 is 0 Å². The predicted octanol–water partition coefficient (Wildman–Crippen LogP) is 3.22. The van der Waals surface area contributed by atoms with E-state index in [1.165, 1.54) is 29.8 Å². The maximum atomic E-state index is 12.7. The lowest BCUT2D eigenvalue weighted by atomic mass is 10.00. The molecule has 0 radical (unpaired) electrons. The number of carbonyl (C=O) groups excluding carboxylic acids is 3. The Morgan fingerprint density at radius 2 is 1.90 bits per heavy atom. The number of non-ortho nitro benzene ring substituents is 1. The molecule has 4 rings (SSSR count). The third-order valence-electron chi connectivity index (χ3n) is 5.03. The van der Waals surface area contributed by atoms with Crippen LogP contribution in [0.1, 0.15) is 16.7 Å². The van der Waals surface area contributed by atoms with E-state index in [1.54, 1.807) is 11.0 Å². The highest BCUT2D eigenvalue weighted by Crippen LogP contribution is 2.32. The highest BCUT2D eigenvalue weighted by atomic mass is 32.2. The zero-order valence-electron chi connectivity index (χ0n) is 15.8. The maximum Gasteiger partial charge on any atom is 0.294 e. The van der Waals surface area contributed by atoms with E-state index >= 15 is 0 Å². The molecule has 0 spiro atoms. The number of nitrogens with zero attached hydrogens (tertiary/aromatic N) is 3. The number of fused-ring (bicyclic) bond motifs is 1. The Labute approximate surface area is 176 Å². The summed E-state index contributed by atoms with van der Waals surface area (Å²) in [5, 5.41) is 10.4. The Balaban J connectivity index is 1.46. The summed E-state index contributed by atoms with van der Waals surface area (Å²) in [7, 11) is 0. The first kappa shape index (κ1) is 19.8. The monoisotopic (exact) mass is 423 g/mol. The van der Waals surface area contributed by atoms with E-state index in [0.717, 1.165) is 28.6 Å². The van der Waals surface area contributed by atoms with Gasteiger partial charge in [-0.05, 0) is 40.9 Å². The molecule has 0 unspecified atom stereocenters. The van der Waals surface area contributed by atoms with Crippen molar-refractivity contribution in [3.05, 3.63) is 80.2 Å². The molecule has 0 saturated carbocycles. The fourth-order valence-corrected chi connectivity index (χ4v) is 4.30. The van der Waals surface area contributed by atoms with Crippen LogP contribution in [0.25, 0.3) is 6.08 Å². The highest BCUT2D eigenvalue weighted by molar-refractivity contribution is 8.18. The van der Waals surface area contributed by atoms with E-state index in [1.807, 2.05) is 24.3 Å². The molecule has 0 aliphatic carbocycles. The molecule has 0 bridgehead atoms. The topological polar surface area (TPSA) is 101 Å². The van der Waals surface area contributed by atoms with Crippen LogP contribution in [0.5, 0.6) is 0 Å². The standard InChI is InChI=1S/C21H17N3O5S/c25-19(22-9-8-15-5-1-2-6-16(15)12-22)13-23-20(26)18(30-21(23)27)11-14-4-3-7-17(10-14)24(28)29/h1-7,10-11H,8-9,12-13H2/b18-11-. The van der Waals surface area contributed by atoms with Crippen LogP contribution in [0, 0.1) is 10.1 Å². The summed E-state index contributed by atoms with van der Waals surface area (Å²) < 4.78 is 0. The number of carbonyl (C=O) groups is 3. The van der Waals surface area contributed by atoms with Crippen molar-refractivity contribution in [2.45, 2.75) is 13.0 Å². The van der Waals surface area contributed by atoms with E-state index in [-0.39, 0.29) is 23.0 Å². The van der Waals surface area contributed by atoms with E-state index in [4.69, 9.17) is 0 Å². The smallest absolute Gasteiger partial charge is 0.294 e. The van der Waals surface area contributed by atoms with Crippen LogP contribution in [0.4, 0.5) is 10.5 Å². The molecule has 152 valence electrons. The van der Waals surface area contributed by atoms with Gasteiger partial charge in [-0.15, -0.1) is 0 Å². The van der Waals surface area contributed by atoms with Gasteiger partial charge in [0.2, 0.25) is 5.91 Å². The van der Waals surface area contributed by atoms with Crippen molar-refractivity contribution in [1.82, 2.24) is 9.80 Å². The van der Waals surface area contributed by atoms with Crippen LogP contribution >= 0.6 is 11.8 Å². The third kappa shape index (κ3) is 3.97. The summed E-state index contributed by atoms with van der Waals surface area (Å²) in [4.78, 5) is 50.8. The van der Waals surface area contributed by atoms with Gasteiger partial charge in [0, 0.05) is 25.2 Å². The van der Waals surface area contributed by atoms with Crippen molar-refractivity contribution in [3.8, 4) is 0 Å². The van der Waals surface area contributed by atoms with Crippen molar-refractivity contribution in [3.63, 3.8) is 0 Å². The van der Waals surface area contributed by atoms with Gasteiger partial charge in [-0.3, -0.25) is 29.4 Å². The summed E-state index contributed by atoms with van der Waals surface area (Å²) in [6.07, 6.45) is 2.16. The molecule has 2 aromatic rings. The second-order valence-corrected chi connectivity index (χ2v) is 7.95. The second-order valence-electron chi connectivity index (χ2n) is 6.95. The normalized spacial score (nSPS) is 17.4. The van der Waals surface area contributed by atoms with Gasteiger partial charge in [-0.1, -0.05) is 36.4 Å². The number of hydrogen-bond acceptors (Lipinski definition) is 6. The molecule has 8 nitrogen and oxygen atoms in total. The van der Waals surface area contributed by atoms with Crippen molar-refractivity contribution in [2.24, 2.45) is 0 Å². The van der Waals surface area contributed by atoms with Gasteiger partial charge in [0.15, 0.2) is 0 Å². The Morgan fingerprint density at radius 1 is 1.13 bits per heavy atom. The lowest BCUT2D eigenvalue weighted by Gasteiger charge is -2.29. The van der Waals surface area contributed by atoms with Gasteiger partial charge in [0.1, 0.15) is 6.54 Å². The van der Waals surface area contributed by atoms with Gasteiger partial charge < -0.3 is 4.90 Å². The molecule has 3 amide bonds. The van der Waals surface area contributed by atoms with Crippen molar-refractivity contribution in [2.75, 3.05) is 13.1 Å². The van der Waals surface area contributed by atoms with Crippen molar-refractivity contribution >= 4 is 40.6 Å². The molecule has 2 aromatic carbocycles. The zero-order valence-corrected chi connectivity index (χ0v) is 16.6.